The van der Waals surface area contributed by atoms with Gasteiger partial charge in [0.25, 0.3) is 0 Å². The van der Waals surface area contributed by atoms with Gasteiger partial charge in [0.05, 0.1) is 11.6 Å². The number of nitrogens with zero attached hydrogens (tertiary/aromatic N) is 1. The first-order valence-corrected chi connectivity index (χ1v) is 8.74. The van der Waals surface area contributed by atoms with E-state index in [-0.39, 0.29) is 11.5 Å². The lowest BCUT2D eigenvalue weighted by atomic mass is 9.79. The van der Waals surface area contributed by atoms with Gasteiger partial charge in [0, 0.05) is 25.7 Å². The van der Waals surface area contributed by atoms with Gasteiger partial charge in [-0.25, -0.2) is 0 Å². The zero-order valence-electron chi connectivity index (χ0n) is 14.3. The third-order valence-electron chi connectivity index (χ3n) is 4.43. The van der Waals surface area contributed by atoms with Crippen molar-refractivity contribution >= 4 is 15.9 Å². The van der Waals surface area contributed by atoms with Crippen molar-refractivity contribution in [3.8, 4) is 11.5 Å². The Labute approximate surface area is 147 Å². The van der Waals surface area contributed by atoms with Gasteiger partial charge < -0.3 is 15.2 Å². The van der Waals surface area contributed by atoms with Crippen molar-refractivity contribution in [3.63, 3.8) is 0 Å². The van der Waals surface area contributed by atoms with Crippen LogP contribution >= 0.6 is 15.9 Å². The second-order valence-corrected chi connectivity index (χ2v) is 7.66. The summed E-state index contributed by atoms with van der Waals surface area (Å²) in [5, 5.41) is 0. The highest BCUT2D eigenvalue weighted by Gasteiger charge is 2.33. The second kappa shape index (κ2) is 7.69. The molecule has 128 valence electrons. The smallest absolute Gasteiger partial charge is 0.175 e. The highest BCUT2D eigenvalue weighted by atomic mass is 79.9. The first-order chi connectivity index (χ1) is 10.9. The van der Waals surface area contributed by atoms with Crippen LogP contribution in [0.3, 0.4) is 0 Å². The largest absolute Gasteiger partial charge is 0.493 e. The highest BCUT2D eigenvalue weighted by molar-refractivity contribution is 9.10. The summed E-state index contributed by atoms with van der Waals surface area (Å²) in [7, 11) is 1.66. The van der Waals surface area contributed by atoms with Crippen molar-refractivity contribution in [2.45, 2.75) is 32.9 Å². The second-order valence-electron chi connectivity index (χ2n) is 6.80. The molecule has 0 bridgehead atoms. The van der Waals surface area contributed by atoms with E-state index in [9.17, 15) is 0 Å². The average Bonchev–Trinajstić information content (AvgIpc) is 2.49. The first kappa shape index (κ1) is 18.3. The molecule has 5 heteroatoms. The van der Waals surface area contributed by atoms with Gasteiger partial charge in [0.2, 0.25) is 0 Å². The number of piperidine rings is 1. The van der Waals surface area contributed by atoms with E-state index in [1.807, 2.05) is 6.07 Å². The maximum Gasteiger partial charge on any atom is 0.175 e. The minimum absolute atomic E-state index is 0.145. The van der Waals surface area contributed by atoms with Gasteiger partial charge in [-0.3, -0.25) is 4.90 Å². The fourth-order valence-electron chi connectivity index (χ4n) is 3.03. The summed E-state index contributed by atoms with van der Waals surface area (Å²) >= 11 is 3.59. The third-order valence-corrected chi connectivity index (χ3v) is 5.02. The predicted molar refractivity (Wildman–Crippen MR) is 98.0 cm³/mol. The molecule has 2 N–H and O–H groups in total. The van der Waals surface area contributed by atoms with Crippen LogP contribution in [-0.4, -0.2) is 37.7 Å². The summed E-state index contributed by atoms with van der Waals surface area (Å²) in [6, 6.07) is 4.42. The molecule has 0 aliphatic carbocycles. The summed E-state index contributed by atoms with van der Waals surface area (Å²) in [5.74, 6) is 1.46. The molecule has 1 heterocycles. The van der Waals surface area contributed by atoms with Crippen LogP contribution in [0.1, 0.15) is 25.8 Å². The van der Waals surface area contributed by atoms with E-state index in [4.69, 9.17) is 15.2 Å². The van der Waals surface area contributed by atoms with Crippen LogP contribution in [0.5, 0.6) is 11.5 Å². The van der Waals surface area contributed by atoms with Crippen LogP contribution in [0.25, 0.3) is 0 Å². The van der Waals surface area contributed by atoms with E-state index in [2.05, 4.69) is 47.3 Å². The lowest BCUT2D eigenvalue weighted by Gasteiger charge is -2.42. The van der Waals surface area contributed by atoms with Crippen LogP contribution in [0.2, 0.25) is 0 Å². The van der Waals surface area contributed by atoms with E-state index >= 15 is 0 Å². The van der Waals surface area contributed by atoms with Crippen molar-refractivity contribution in [1.82, 2.24) is 4.90 Å². The fourth-order valence-corrected chi connectivity index (χ4v) is 3.63. The van der Waals surface area contributed by atoms with E-state index < -0.39 is 0 Å². The molecule has 2 rings (SSSR count). The van der Waals surface area contributed by atoms with Crippen molar-refractivity contribution in [2.75, 3.05) is 26.8 Å². The molecule has 1 atom stereocenters. The van der Waals surface area contributed by atoms with Crippen molar-refractivity contribution in [2.24, 2.45) is 11.1 Å². The van der Waals surface area contributed by atoms with Crippen molar-refractivity contribution < 1.29 is 9.47 Å². The Kier molecular flexibility index (Phi) is 6.12. The maximum absolute atomic E-state index is 6.23. The van der Waals surface area contributed by atoms with Crippen LogP contribution in [0.4, 0.5) is 0 Å². The molecule has 0 spiro atoms. The number of benzene rings is 1. The van der Waals surface area contributed by atoms with Crippen LogP contribution in [-0.2, 0) is 6.54 Å². The molecule has 0 amide bonds. The molecule has 0 saturated carbocycles. The van der Waals surface area contributed by atoms with Crippen LogP contribution in [0, 0.1) is 5.41 Å². The number of likely N-dealkylation sites (tertiary alicyclic amines) is 1. The van der Waals surface area contributed by atoms with Gasteiger partial charge in [-0.15, -0.1) is 0 Å². The topological polar surface area (TPSA) is 47.7 Å². The van der Waals surface area contributed by atoms with Gasteiger partial charge in [-0.1, -0.05) is 26.5 Å². The van der Waals surface area contributed by atoms with Gasteiger partial charge in [-0.2, -0.15) is 0 Å². The Balaban J connectivity index is 2.14. The SMILES string of the molecule is C=CCOc1c(Br)cc(CN2CCC(N)C(C)(C)C2)cc1OC. The fraction of sp³-hybridized carbons (Fsp3) is 0.556. The number of hydrogen-bond acceptors (Lipinski definition) is 4. The summed E-state index contributed by atoms with van der Waals surface area (Å²) in [5.41, 5.74) is 7.57. The molecular formula is C18H27BrN2O2. The number of halogens is 1. The number of nitrogens with two attached hydrogens (primary N) is 1. The zero-order valence-corrected chi connectivity index (χ0v) is 15.9. The van der Waals surface area contributed by atoms with Gasteiger partial charge in [0.15, 0.2) is 11.5 Å². The van der Waals surface area contributed by atoms with Gasteiger partial charge in [-0.05, 0) is 45.5 Å². The van der Waals surface area contributed by atoms with E-state index in [0.717, 1.165) is 42.0 Å². The minimum Gasteiger partial charge on any atom is -0.493 e. The predicted octanol–water partition coefficient (Wildman–Crippen LogP) is 3.58. The molecule has 1 aromatic rings. The van der Waals surface area contributed by atoms with Gasteiger partial charge >= 0.3 is 0 Å². The lowest BCUT2D eigenvalue weighted by Crippen LogP contribution is -2.52. The molecular weight excluding hydrogens is 356 g/mol. The summed E-state index contributed by atoms with van der Waals surface area (Å²) in [6.07, 6.45) is 2.75. The Morgan fingerprint density at radius 2 is 2.22 bits per heavy atom. The monoisotopic (exact) mass is 382 g/mol. The lowest BCUT2D eigenvalue weighted by molar-refractivity contribution is 0.0898. The standard InChI is InChI=1S/C18H27BrN2O2/c1-5-8-23-17-14(19)9-13(10-15(17)22-4)11-21-7-6-16(20)18(2,3)12-21/h5,9-10,16H,1,6-8,11-12,20H2,2-4H3. The normalized spacial score (nSPS) is 21.0. The summed E-state index contributed by atoms with van der Waals surface area (Å²) < 4.78 is 12.1. The molecule has 4 nitrogen and oxygen atoms in total. The Morgan fingerprint density at radius 1 is 1.48 bits per heavy atom. The number of hydrogen-bond donors (Lipinski definition) is 1. The number of rotatable bonds is 6. The maximum atomic E-state index is 6.23. The Bertz CT molecular complexity index is 560. The Hall–Kier alpha value is -1.04. The van der Waals surface area contributed by atoms with Crippen molar-refractivity contribution in [1.29, 1.82) is 0 Å². The highest BCUT2D eigenvalue weighted by Crippen LogP contribution is 2.37. The quantitative estimate of drug-likeness (QED) is 0.763. The van der Waals surface area contributed by atoms with E-state index in [0.29, 0.717) is 6.61 Å². The summed E-state index contributed by atoms with van der Waals surface area (Å²) in [4.78, 5) is 2.45. The summed E-state index contributed by atoms with van der Waals surface area (Å²) in [6.45, 7) is 11.5. The molecule has 23 heavy (non-hydrogen) atoms. The first-order valence-electron chi connectivity index (χ1n) is 7.95. The Morgan fingerprint density at radius 3 is 2.83 bits per heavy atom. The molecule has 0 aromatic heterocycles. The molecule has 1 aliphatic heterocycles. The average molecular weight is 383 g/mol. The van der Waals surface area contributed by atoms with Crippen molar-refractivity contribution in [3.05, 3.63) is 34.8 Å². The molecule has 1 fully saturated rings. The van der Waals surface area contributed by atoms with E-state index in [1.54, 1.807) is 13.2 Å². The number of ether oxygens (including phenoxy) is 2. The molecule has 0 radical (unpaired) electrons. The van der Waals surface area contributed by atoms with Crippen LogP contribution < -0.4 is 15.2 Å². The minimum atomic E-state index is 0.145. The van der Waals surface area contributed by atoms with Gasteiger partial charge in [0.1, 0.15) is 6.61 Å². The van der Waals surface area contributed by atoms with E-state index in [1.165, 1.54) is 5.56 Å². The van der Waals surface area contributed by atoms with Crippen LogP contribution in [0.15, 0.2) is 29.3 Å². The number of methoxy groups -OCH3 is 1. The third kappa shape index (κ3) is 4.49. The molecule has 1 aliphatic rings. The zero-order chi connectivity index (χ0) is 17.0. The molecule has 1 aromatic carbocycles. The molecule has 1 unspecified atom stereocenters. The molecule has 1 saturated heterocycles.